The highest BCUT2D eigenvalue weighted by atomic mass is 16.3. The number of hydrogen-bond acceptors (Lipinski definition) is 3. The lowest BCUT2D eigenvalue weighted by Gasteiger charge is -2.24. The number of carbonyl (C=O) groups excluding carboxylic acids is 2. The van der Waals surface area contributed by atoms with Crippen LogP contribution in [0.4, 0.5) is 0 Å². The summed E-state index contributed by atoms with van der Waals surface area (Å²) in [6, 6.07) is 16.3. The first-order valence-corrected chi connectivity index (χ1v) is 9.03. The minimum absolute atomic E-state index is 0.141. The van der Waals surface area contributed by atoms with Gasteiger partial charge in [-0.05, 0) is 18.1 Å². The van der Waals surface area contributed by atoms with Crippen molar-refractivity contribution in [3.63, 3.8) is 0 Å². The van der Waals surface area contributed by atoms with E-state index in [2.05, 4.69) is 4.98 Å². The number of benzene rings is 2. The Labute approximate surface area is 156 Å². The normalized spacial score (nSPS) is 19.1. The number of likely N-dealkylation sites (tertiary alicyclic amines) is 1. The second-order valence-electron chi connectivity index (χ2n) is 6.65. The number of amides is 1. The summed E-state index contributed by atoms with van der Waals surface area (Å²) in [4.78, 5) is 30.1. The first-order valence-electron chi connectivity index (χ1n) is 9.03. The van der Waals surface area contributed by atoms with Gasteiger partial charge < -0.3 is 15.0 Å². The fourth-order valence-corrected chi connectivity index (χ4v) is 3.75. The van der Waals surface area contributed by atoms with E-state index in [-0.39, 0.29) is 11.3 Å². The Morgan fingerprint density at radius 1 is 1.07 bits per heavy atom. The van der Waals surface area contributed by atoms with Crippen molar-refractivity contribution in [2.75, 3.05) is 6.54 Å². The van der Waals surface area contributed by atoms with Crippen molar-refractivity contribution < 1.29 is 14.7 Å². The molecule has 2 heterocycles. The fraction of sp³-hybridized carbons (Fsp3) is 0.182. The van der Waals surface area contributed by atoms with Gasteiger partial charge in [0.05, 0.1) is 11.6 Å². The van der Waals surface area contributed by atoms with Crippen LogP contribution in [0.1, 0.15) is 30.5 Å². The Kier molecular flexibility index (Phi) is 4.28. The number of aromatic amines is 1. The zero-order valence-corrected chi connectivity index (χ0v) is 15.0. The number of hydrogen-bond donors (Lipinski definition) is 2. The molecule has 1 atom stereocenters. The van der Waals surface area contributed by atoms with Gasteiger partial charge in [0.15, 0.2) is 0 Å². The molecule has 1 unspecified atom stereocenters. The van der Waals surface area contributed by atoms with Gasteiger partial charge in [0.2, 0.25) is 0 Å². The van der Waals surface area contributed by atoms with Crippen molar-refractivity contribution >= 4 is 28.4 Å². The number of para-hydroxylation sites is 1. The number of fused-ring (bicyclic) bond motifs is 1. The van der Waals surface area contributed by atoms with Crippen LogP contribution in [-0.4, -0.2) is 33.2 Å². The number of carbonyl (C=O) groups is 2. The van der Waals surface area contributed by atoms with Crippen molar-refractivity contribution in [2.45, 2.75) is 19.4 Å². The van der Waals surface area contributed by atoms with Gasteiger partial charge in [-0.3, -0.25) is 9.59 Å². The Morgan fingerprint density at radius 2 is 1.78 bits per heavy atom. The maximum Gasteiger partial charge on any atom is 0.295 e. The van der Waals surface area contributed by atoms with Gasteiger partial charge in [0.25, 0.3) is 11.7 Å². The molecular weight excluding hydrogens is 340 g/mol. The molecule has 27 heavy (non-hydrogen) atoms. The minimum atomic E-state index is -0.639. The second kappa shape index (κ2) is 6.76. The fourth-order valence-electron chi connectivity index (χ4n) is 3.75. The number of nitrogens with zero attached hydrogens (tertiary/aromatic N) is 1. The van der Waals surface area contributed by atoms with Crippen LogP contribution in [-0.2, 0) is 9.59 Å². The molecule has 0 radical (unpaired) electrons. The number of ketones is 1. The highest BCUT2D eigenvalue weighted by Gasteiger charge is 2.45. The zero-order chi connectivity index (χ0) is 19.0. The van der Waals surface area contributed by atoms with Crippen molar-refractivity contribution in [1.82, 2.24) is 9.88 Å². The molecule has 0 aliphatic carbocycles. The molecule has 1 aliphatic rings. The van der Waals surface area contributed by atoms with Crippen LogP contribution in [0.2, 0.25) is 0 Å². The minimum Gasteiger partial charge on any atom is -0.507 e. The summed E-state index contributed by atoms with van der Waals surface area (Å²) in [6.45, 7) is 2.41. The molecule has 0 saturated carbocycles. The summed E-state index contributed by atoms with van der Waals surface area (Å²) in [5.41, 5.74) is 2.34. The molecule has 0 bridgehead atoms. The average molecular weight is 360 g/mol. The molecule has 5 heteroatoms. The SMILES string of the molecule is CCCN1C(=O)C(=O)/C(=C(\O)c2c[nH]c3ccccc23)C1c1ccccc1. The molecule has 1 aromatic heterocycles. The van der Waals surface area contributed by atoms with Crippen molar-refractivity contribution in [1.29, 1.82) is 0 Å². The van der Waals surface area contributed by atoms with Crippen LogP contribution in [0, 0.1) is 0 Å². The van der Waals surface area contributed by atoms with E-state index in [9.17, 15) is 14.7 Å². The molecule has 0 spiro atoms. The third kappa shape index (κ3) is 2.72. The Balaban J connectivity index is 1.93. The Hall–Kier alpha value is -3.34. The van der Waals surface area contributed by atoms with Gasteiger partial charge in [-0.1, -0.05) is 55.5 Å². The third-order valence-corrected chi connectivity index (χ3v) is 4.96. The first-order chi connectivity index (χ1) is 13.1. The van der Waals surface area contributed by atoms with E-state index in [1.807, 2.05) is 61.5 Å². The molecule has 1 fully saturated rings. The van der Waals surface area contributed by atoms with Gasteiger partial charge >= 0.3 is 0 Å². The van der Waals surface area contributed by atoms with Crippen LogP contribution in [0.5, 0.6) is 0 Å². The summed E-state index contributed by atoms with van der Waals surface area (Å²) in [5.74, 6) is -1.34. The molecule has 5 nitrogen and oxygen atoms in total. The zero-order valence-electron chi connectivity index (χ0n) is 15.0. The van der Waals surface area contributed by atoms with E-state index in [1.165, 1.54) is 0 Å². The van der Waals surface area contributed by atoms with Gasteiger partial charge in [0.1, 0.15) is 5.76 Å². The van der Waals surface area contributed by atoms with Gasteiger partial charge in [-0.25, -0.2) is 0 Å². The summed E-state index contributed by atoms with van der Waals surface area (Å²) < 4.78 is 0. The van der Waals surface area contributed by atoms with Crippen LogP contribution >= 0.6 is 0 Å². The molecule has 1 aliphatic heterocycles. The first kappa shape index (κ1) is 17.1. The smallest absolute Gasteiger partial charge is 0.295 e. The van der Waals surface area contributed by atoms with Crippen molar-refractivity contribution in [2.24, 2.45) is 0 Å². The number of aliphatic hydroxyl groups is 1. The van der Waals surface area contributed by atoms with Gasteiger partial charge in [0, 0.05) is 29.2 Å². The molecule has 1 amide bonds. The molecule has 4 rings (SSSR count). The number of Topliss-reactive ketones (excluding diaryl/α,β-unsaturated/α-hetero) is 1. The van der Waals surface area contributed by atoms with Crippen LogP contribution in [0.25, 0.3) is 16.7 Å². The topological polar surface area (TPSA) is 73.4 Å². The average Bonchev–Trinajstić information content (AvgIpc) is 3.23. The standard InChI is InChI=1S/C22H20N2O3/c1-2-12-24-19(14-8-4-3-5-9-14)18(21(26)22(24)27)20(25)16-13-23-17-11-7-6-10-15(16)17/h3-11,13,19,23,25H,2,12H2,1H3/b20-18-. The van der Waals surface area contributed by atoms with Gasteiger partial charge in [-0.2, -0.15) is 0 Å². The molecule has 136 valence electrons. The van der Waals surface area contributed by atoms with Crippen molar-refractivity contribution in [3.8, 4) is 0 Å². The molecular formula is C22H20N2O3. The maximum absolute atomic E-state index is 12.8. The maximum atomic E-state index is 12.8. The summed E-state index contributed by atoms with van der Waals surface area (Å²) >= 11 is 0. The van der Waals surface area contributed by atoms with E-state index >= 15 is 0 Å². The van der Waals surface area contributed by atoms with Crippen LogP contribution in [0.3, 0.4) is 0 Å². The third-order valence-electron chi connectivity index (χ3n) is 4.96. The molecule has 2 N–H and O–H groups in total. The largest absolute Gasteiger partial charge is 0.507 e. The van der Waals surface area contributed by atoms with E-state index in [0.29, 0.717) is 12.1 Å². The van der Waals surface area contributed by atoms with Crippen LogP contribution in [0.15, 0.2) is 66.4 Å². The van der Waals surface area contributed by atoms with E-state index < -0.39 is 17.7 Å². The molecule has 3 aromatic rings. The number of aliphatic hydroxyl groups excluding tert-OH is 1. The predicted molar refractivity (Wildman–Crippen MR) is 104 cm³/mol. The Morgan fingerprint density at radius 3 is 2.52 bits per heavy atom. The van der Waals surface area contributed by atoms with Crippen LogP contribution < -0.4 is 0 Å². The Bertz CT molecular complexity index is 1050. The van der Waals surface area contributed by atoms with Crippen molar-refractivity contribution in [3.05, 3.63) is 77.5 Å². The second-order valence-corrected chi connectivity index (χ2v) is 6.65. The number of nitrogens with one attached hydrogen (secondary N) is 1. The summed E-state index contributed by atoms with van der Waals surface area (Å²) in [7, 11) is 0. The van der Waals surface area contributed by atoms with E-state index in [4.69, 9.17) is 0 Å². The lowest BCUT2D eigenvalue weighted by Crippen LogP contribution is -2.30. The number of H-pyrrole nitrogens is 1. The van der Waals surface area contributed by atoms with E-state index in [0.717, 1.165) is 22.9 Å². The number of rotatable bonds is 4. The van der Waals surface area contributed by atoms with Gasteiger partial charge in [-0.15, -0.1) is 0 Å². The van der Waals surface area contributed by atoms with E-state index in [1.54, 1.807) is 11.1 Å². The highest BCUT2D eigenvalue weighted by Crippen LogP contribution is 2.40. The molecule has 2 aromatic carbocycles. The summed E-state index contributed by atoms with van der Waals surface area (Å²) in [5, 5.41) is 11.9. The summed E-state index contributed by atoms with van der Waals surface area (Å²) in [6.07, 6.45) is 2.40. The lowest BCUT2D eigenvalue weighted by molar-refractivity contribution is -0.139. The quantitative estimate of drug-likeness (QED) is 0.420. The molecule has 1 saturated heterocycles. The monoisotopic (exact) mass is 360 g/mol. The number of aromatic nitrogens is 1. The lowest BCUT2D eigenvalue weighted by atomic mass is 9.95. The predicted octanol–water partition coefficient (Wildman–Crippen LogP) is 4.00. The highest BCUT2D eigenvalue weighted by molar-refractivity contribution is 6.46.